The molecule has 5 rings (SSSR count). The number of aryl methyl sites for hydroxylation is 1. The van der Waals surface area contributed by atoms with Crippen LogP contribution in [0.1, 0.15) is 87.2 Å². The second-order valence-electron chi connectivity index (χ2n) is 13.0. The fraction of sp³-hybridized carbons (Fsp3) is 0.595. The van der Waals surface area contributed by atoms with Crippen molar-refractivity contribution >= 4 is 58.1 Å². The van der Waals surface area contributed by atoms with Gasteiger partial charge >= 0.3 is 0 Å². The number of carbonyl (C=O) groups is 1. The highest BCUT2D eigenvalue weighted by atomic mass is 35.5. The van der Waals surface area contributed by atoms with E-state index in [1.165, 1.54) is 17.5 Å². The van der Waals surface area contributed by atoms with Crippen molar-refractivity contribution < 1.29 is 18.8 Å². The van der Waals surface area contributed by atoms with Crippen LogP contribution in [0.4, 0.5) is 5.69 Å². The minimum absolute atomic E-state index is 0.174. The summed E-state index contributed by atoms with van der Waals surface area (Å²) in [5.41, 5.74) is 3.41. The fourth-order valence-electron chi connectivity index (χ4n) is 6.76. The molecule has 3 aliphatic rings. The van der Waals surface area contributed by atoms with Crippen LogP contribution in [-0.2, 0) is 17.4 Å². The summed E-state index contributed by atoms with van der Waals surface area (Å²) in [5.74, 6) is 3.81. The maximum absolute atomic E-state index is 12.2. The molecule has 2 aromatic carbocycles. The standard InChI is InChI=1S/C33H42ClNO3S2.C4H11NOS/c1-3-5-14-33(37,32-39-15-6-16-40-32)29-12-9-25(29)19-35-20-26(28-11-10-27(34)18-24(28)7-4-2)22-38-31-13-8-23(21-36)17-30(31)35;1-4(2)7(6)5-3/h5,8,10-11,13-14,17-18,21,25-26,29,32,37H,3-4,6-7,9,12,15-16,19-20,22H2,1-2H3;4-5H,1-3H3/b14-5+;. The SMILES string of the molecule is CC/C=C/C(O)(C1SCCCS1)C1CCC1CN1CC(c2ccc(Cl)cc2CCC)COc2ccc(C=O)cc21.CNS(=O)C(C)C. The summed E-state index contributed by atoms with van der Waals surface area (Å²) in [5, 5.41) is 13.2. The number of aliphatic hydroxyl groups is 1. The number of thioether (sulfide) groups is 2. The summed E-state index contributed by atoms with van der Waals surface area (Å²) in [6, 6.07) is 12.0. The predicted octanol–water partition coefficient (Wildman–Crippen LogP) is 8.29. The summed E-state index contributed by atoms with van der Waals surface area (Å²) >= 11 is 10.3. The van der Waals surface area contributed by atoms with E-state index in [4.69, 9.17) is 16.3 Å². The number of halogens is 1. The Morgan fingerprint density at radius 2 is 1.94 bits per heavy atom. The molecule has 2 aromatic rings. The van der Waals surface area contributed by atoms with E-state index in [2.05, 4.69) is 47.8 Å². The molecule has 2 fully saturated rings. The molecule has 0 bridgehead atoms. The lowest BCUT2D eigenvalue weighted by Gasteiger charge is -2.51. The van der Waals surface area contributed by atoms with Gasteiger partial charge in [0.2, 0.25) is 0 Å². The van der Waals surface area contributed by atoms with E-state index in [0.717, 1.165) is 79.4 Å². The number of hydrogen-bond acceptors (Lipinski definition) is 7. The molecule has 1 saturated heterocycles. The highest BCUT2D eigenvalue weighted by Crippen LogP contribution is 2.52. The molecule has 10 heteroatoms. The van der Waals surface area contributed by atoms with Crippen molar-refractivity contribution in [3.63, 3.8) is 0 Å². The number of nitrogens with zero attached hydrogens (tertiary/aromatic N) is 1. The molecular weight excluding hydrogens is 668 g/mol. The van der Waals surface area contributed by atoms with Crippen LogP contribution >= 0.6 is 35.1 Å². The summed E-state index contributed by atoms with van der Waals surface area (Å²) in [4.78, 5) is 14.2. The van der Waals surface area contributed by atoms with Crippen molar-refractivity contribution in [3.05, 3.63) is 70.3 Å². The Bertz CT molecular complexity index is 1370. The van der Waals surface area contributed by atoms with Gasteiger partial charge in [0, 0.05) is 34.8 Å². The van der Waals surface area contributed by atoms with Crippen LogP contribution in [0.25, 0.3) is 0 Å². The third kappa shape index (κ3) is 9.82. The molecule has 5 unspecified atom stereocenters. The maximum atomic E-state index is 12.2. The van der Waals surface area contributed by atoms with Crippen LogP contribution in [0.5, 0.6) is 5.75 Å². The second-order valence-corrected chi connectivity index (χ2v) is 18.1. The summed E-state index contributed by atoms with van der Waals surface area (Å²) in [7, 11) is 0.862. The molecule has 260 valence electrons. The molecule has 2 N–H and O–H groups in total. The van der Waals surface area contributed by atoms with E-state index < -0.39 is 16.6 Å². The van der Waals surface area contributed by atoms with Crippen molar-refractivity contribution in [2.24, 2.45) is 11.8 Å². The largest absolute Gasteiger partial charge is 0.491 e. The van der Waals surface area contributed by atoms with E-state index in [0.29, 0.717) is 18.1 Å². The molecule has 5 atom stereocenters. The van der Waals surface area contributed by atoms with E-state index in [1.807, 2.05) is 61.6 Å². The predicted molar refractivity (Wildman–Crippen MR) is 204 cm³/mol. The average molecular weight is 721 g/mol. The van der Waals surface area contributed by atoms with Crippen LogP contribution < -0.4 is 14.4 Å². The smallest absolute Gasteiger partial charge is 0.150 e. The Morgan fingerprint density at radius 1 is 1.17 bits per heavy atom. The molecule has 47 heavy (non-hydrogen) atoms. The summed E-state index contributed by atoms with van der Waals surface area (Å²) in [6.45, 7) is 10.4. The maximum Gasteiger partial charge on any atom is 0.150 e. The van der Waals surface area contributed by atoms with Gasteiger partial charge in [-0.3, -0.25) is 4.79 Å². The molecule has 0 aromatic heterocycles. The number of allylic oxidation sites excluding steroid dienone is 1. The second kappa shape index (κ2) is 18.5. The first-order valence-corrected chi connectivity index (χ1v) is 20.8. The minimum Gasteiger partial charge on any atom is -0.491 e. The number of hydrogen-bond donors (Lipinski definition) is 2. The first-order chi connectivity index (χ1) is 22.6. The third-order valence-corrected chi connectivity index (χ3v) is 14.0. The molecule has 6 nitrogen and oxygen atoms in total. The third-order valence-electron chi connectivity index (χ3n) is 9.33. The van der Waals surface area contributed by atoms with Gasteiger partial charge in [0.25, 0.3) is 0 Å². The lowest BCUT2D eigenvalue weighted by molar-refractivity contribution is -0.0331. The number of ether oxygens (including phenoxy) is 1. The molecule has 0 spiro atoms. The lowest BCUT2D eigenvalue weighted by atomic mass is 9.64. The molecule has 2 heterocycles. The normalized spacial score (nSPS) is 23.5. The highest BCUT2D eigenvalue weighted by Gasteiger charge is 2.51. The van der Waals surface area contributed by atoms with Crippen molar-refractivity contribution in [2.45, 2.75) is 87.6 Å². The Labute approximate surface area is 298 Å². The first kappa shape index (κ1) is 38.3. The van der Waals surface area contributed by atoms with Gasteiger partial charge < -0.3 is 14.7 Å². The number of rotatable bonds is 12. The summed E-state index contributed by atoms with van der Waals surface area (Å²) in [6.07, 6.45) is 11.5. The highest BCUT2D eigenvalue weighted by molar-refractivity contribution is 8.17. The number of fused-ring (bicyclic) bond motifs is 1. The van der Waals surface area contributed by atoms with Crippen LogP contribution in [-0.4, -0.2) is 69.3 Å². The Balaban J connectivity index is 0.000000644. The zero-order chi connectivity index (χ0) is 34.0. The van der Waals surface area contributed by atoms with Gasteiger partial charge in [0.1, 0.15) is 17.6 Å². The van der Waals surface area contributed by atoms with Crippen LogP contribution in [0, 0.1) is 11.8 Å². The van der Waals surface area contributed by atoms with Gasteiger partial charge in [-0.25, -0.2) is 8.93 Å². The number of benzene rings is 2. The molecule has 1 saturated carbocycles. The van der Waals surface area contributed by atoms with E-state index in [-0.39, 0.29) is 21.7 Å². The minimum atomic E-state index is -0.829. The van der Waals surface area contributed by atoms with E-state index >= 15 is 0 Å². The quantitative estimate of drug-likeness (QED) is 0.169. The monoisotopic (exact) mass is 720 g/mol. The number of anilines is 1. The van der Waals surface area contributed by atoms with E-state index in [9.17, 15) is 14.1 Å². The van der Waals surface area contributed by atoms with Gasteiger partial charge in [-0.15, -0.1) is 23.5 Å². The Hall–Kier alpha value is -1.49. The lowest BCUT2D eigenvalue weighted by Crippen LogP contribution is -2.54. The van der Waals surface area contributed by atoms with Gasteiger partial charge in [0.15, 0.2) is 0 Å². The number of carbonyl (C=O) groups excluding carboxylic acids is 1. The fourth-order valence-corrected chi connectivity index (χ4v) is 10.7. The molecule has 1 aliphatic carbocycles. The Kier molecular flexibility index (Phi) is 15.1. The van der Waals surface area contributed by atoms with Crippen LogP contribution in [0.2, 0.25) is 5.02 Å². The molecule has 0 amide bonds. The topological polar surface area (TPSA) is 78.9 Å². The number of nitrogens with one attached hydrogen (secondary N) is 1. The number of aldehydes is 1. The zero-order valence-electron chi connectivity index (χ0n) is 28.6. The summed E-state index contributed by atoms with van der Waals surface area (Å²) < 4.78 is 19.8. The Morgan fingerprint density at radius 3 is 2.53 bits per heavy atom. The van der Waals surface area contributed by atoms with E-state index in [1.54, 1.807) is 7.05 Å². The zero-order valence-corrected chi connectivity index (χ0v) is 31.8. The van der Waals surface area contributed by atoms with Gasteiger partial charge in [-0.1, -0.05) is 50.1 Å². The van der Waals surface area contributed by atoms with Crippen molar-refractivity contribution in [3.8, 4) is 5.75 Å². The van der Waals surface area contributed by atoms with Crippen molar-refractivity contribution in [1.82, 2.24) is 4.72 Å². The van der Waals surface area contributed by atoms with Crippen LogP contribution in [0.3, 0.4) is 0 Å². The molecule has 0 radical (unpaired) electrons. The van der Waals surface area contributed by atoms with Gasteiger partial charge in [0.05, 0.1) is 27.9 Å². The van der Waals surface area contributed by atoms with Crippen LogP contribution in [0.15, 0.2) is 48.6 Å². The first-order valence-electron chi connectivity index (χ1n) is 17.1. The average Bonchev–Trinajstić information content (AvgIpc) is 3.25. The van der Waals surface area contributed by atoms with Crippen molar-refractivity contribution in [2.75, 3.05) is 43.1 Å². The van der Waals surface area contributed by atoms with Crippen molar-refractivity contribution in [1.29, 1.82) is 0 Å². The molecular formula is C37H53ClN2O4S3. The molecule has 2 aliphatic heterocycles. The van der Waals surface area contributed by atoms with Gasteiger partial charge in [-0.2, -0.15) is 0 Å². The van der Waals surface area contributed by atoms with Gasteiger partial charge in [-0.05, 0) is 118 Å².